The first-order valence-corrected chi connectivity index (χ1v) is 17.4. The zero-order valence-electron chi connectivity index (χ0n) is 27.6. The van der Waals surface area contributed by atoms with Gasteiger partial charge in [0.15, 0.2) is 11.5 Å². The number of anilines is 3. The number of imidazole rings is 4. The maximum absolute atomic E-state index is 6.59. The van der Waals surface area contributed by atoms with E-state index in [1.54, 1.807) is 0 Å². The van der Waals surface area contributed by atoms with E-state index in [9.17, 15) is 0 Å². The van der Waals surface area contributed by atoms with Crippen LogP contribution in [0.3, 0.4) is 0 Å². The summed E-state index contributed by atoms with van der Waals surface area (Å²) in [5, 5.41) is 0. The highest BCUT2D eigenvalue weighted by atomic mass is 16.5. The number of hydrogen-bond donors (Lipinski definition) is 0. The largest absolute Gasteiger partial charge is 0.453 e. The van der Waals surface area contributed by atoms with E-state index in [0.29, 0.717) is 0 Å². The van der Waals surface area contributed by atoms with E-state index in [4.69, 9.17) is 14.7 Å². The fourth-order valence-corrected chi connectivity index (χ4v) is 8.14. The minimum Gasteiger partial charge on any atom is -0.453 e. The van der Waals surface area contributed by atoms with Crippen LogP contribution in [-0.2, 0) is 0 Å². The van der Waals surface area contributed by atoms with Gasteiger partial charge < -0.3 is 9.64 Å². The van der Waals surface area contributed by atoms with Crippen LogP contribution in [0.2, 0.25) is 0 Å². The van der Waals surface area contributed by atoms with E-state index in [0.717, 1.165) is 95.6 Å². The molecule has 5 heterocycles. The number of benzene rings is 7. The summed E-state index contributed by atoms with van der Waals surface area (Å²) < 4.78 is 15.6. The number of nitrogens with zero attached hydrogens (tertiary/aromatic N) is 7. The molecule has 0 saturated heterocycles. The van der Waals surface area contributed by atoms with Crippen molar-refractivity contribution in [2.24, 2.45) is 0 Å². The third-order valence-corrected chi connectivity index (χ3v) is 10.3. The molecule has 52 heavy (non-hydrogen) atoms. The summed E-state index contributed by atoms with van der Waals surface area (Å²) >= 11 is 0. The molecular weight excluding hydrogens is 643 g/mol. The number of para-hydroxylation sites is 10. The topological polar surface area (TPSA) is 56.9 Å². The summed E-state index contributed by atoms with van der Waals surface area (Å²) in [7, 11) is 0. The van der Waals surface area contributed by atoms with Gasteiger partial charge in [-0.05, 0) is 97.1 Å². The summed E-state index contributed by atoms with van der Waals surface area (Å²) in [4.78, 5) is 12.6. The Bertz CT molecular complexity index is 3250. The highest BCUT2D eigenvalue weighted by molar-refractivity contribution is 5.95. The molecule has 0 amide bonds. The number of fused-ring (bicyclic) bond motifs is 12. The van der Waals surface area contributed by atoms with Crippen LogP contribution >= 0.6 is 0 Å². The molecule has 1 aliphatic heterocycles. The van der Waals surface area contributed by atoms with Gasteiger partial charge in [-0.15, -0.1) is 0 Å². The summed E-state index contributed by atoms with van der Waals surface area (Å²) in [5.74, 6) is 3.32. The zero-order valence-corrected chi connectivity index (χ0v) is 27.6. The van der Waals surface area contributed by atoms with Gasteiger partial charge >= 0.3 is 0 Å². The van der Waals surface area contributed by atoms with Crippen molar-refractivity contribution in [2.75, 3.05) is 4.90 Å². The standard InChI is InChI=1S/C44H27N7O/c1-3-16-33-31(14-1)45-43-48(35-18-5-7-20-37(35)50(33)43)29-13-11-12-28(26-29)47-39-22-9-10-23-41(39)52-42-25-24-30(27-40(42)47)49-36-19-6-8-21-38(36)51-34-17-4-2-15-32(34)46-44(49)51/h1-27H. The first-order chi connectivity index (χ1) is 25.8. The van der Waals surface area contributed by atoms with Crippen LogP contribution in [0.1, 0.15) is 0 Å². The Kier molecular flexibility index (Phi) is 5.35. The number of hydrogen-bond acceptors (Lipinski definition) is 4. The molecule has 0 fully saturated rings. The normalized spacial score (nSPS) is 12.7. The van der Waals surface area contributed by atoms with Crippen molar-refractivity contribution in [3.8, 4) is 22.9 Å². The molecule has 0 saturated carbocycles. The lowest BCUT2D eigenvalue weighted by atomic mass is 10.1. The molecule has 0 unspecified atom stereocenters. The molecule has 0 atom stereocenters. The Morgan fingerprint density at radius 3 is 1.52 bits per heavy atom. The maximum Gasteiger partial charge on any atom is 0.220 e. The minimum atomic E-state index is 0.780. The summed E-state index contributed by atoms with van der Waals surface area (Å²) in [5.41, 5.74) is 13.4. The molecule has 1 aliphatic rings. The highest BCUT2D eigenvalue weighted by Crippen LogP contribution is 2.51. The van der Waals surface area contributed by atoms with Crippen molar-refractivity contribution in [1.82, 2.24) is 27.9 Å². The van der Waals surface area contributed by atoms with Crippen LogP contribution in [-0.4, -0.2) is 27.9 Å². The molecule has 0 aliphatic carbocycles. The van der Waals surface area contributed by atoms with E-state index in [2.05, 4.69) is 162 Å². The van der Waals surface area contributed by atoms with Gasteiger partial charge in [-0.2, -0.15) is 0 Å². The van der Waals surface area contributed by atoms with Crippen molar-refractivity contribution >= 4 is 72.8 Å². The van der Waals surface area contributed by atoms with Crippen LogP contribution in [0.4, 0.5) is 17.1 Å². The minimum absolute atomic E-state index is 0.780. The van der Waals surface area contributed by atoms with Gasteiger partial charge in [0.1, 0.15) is 0 Å². The highest BCUT2D eigenvalue weighted by Gasteiger charge is 2.28. The lowest BCUT2D eigenvalue weighted by molar-refractivity contribution is 0.477. The summed E-state index contributed by atoms with van der Waals surface area (Å²) in [6, 6.07) is 57.0. The first-order valence-electron chi connectivity index (χ1n) is 17.4. The fourth-order valence-electron chi connectivity index (χ4n) is 8.14. The van der Waals surface area contributed by atoms with Crippen molar-refractivity contribution in [2.45, 2.75) is 0 Å². The average molecular weight is 670 g/mol. The molecule has 8 nitrogen and oxygen atoms in total. The van der Waals surface area contributed by atoms with Gasteiger partial charge in [0.05, 0.1) is 66.9 Å². The Morgan fingerprint density at radius 2 is 0.865 bits per heavy atom. The van der Waals surface area contributed by atoms with Gasteiger partial charge in [0.25, 0.3) is 0 Å². The van der Waals surface area contributed by atoms with E-state index in [1.165, 1.54) is 0 Å². The van der Waals surface area contributed by atoms with Crippen LogP contribution in [0, 0.1) is 0 Å². The molecule has 244 valence electrons. The predicted octanol–water partition coefficient (Wildman–Crippen LogP) is 10.8. The molecule has 0 spiro atoms. The fraction of sp³-hybridized carbons (Fsp3) is 0. The molecule has 7 aromatic carbocycles. The third-order valence-electron chi connectivity index (χ3n) is 10.3. The monoisotopic (exact) mass is 669 g/mol. The zero-order chi connectivity index (χ0) is 33.9. The molecule has 11 aromatic rings. The lowest BCUT2D eigenvalue weighted by Crippen LogP contribution is -2.16. The molecule has 0 radical (unpaired) electrons. The van der Waals surface area contributed by atoms with Crippen molar-refractivity contribution in [3.05, 3.63) is 164 Å². The second-order valence-electron chi connectivity index (χ2n) is 13.2. The van der Waals surface area contributed by atoms with Crippen molar-refractivity contribution in [3.63, 3.8) is 0 Å². The molecule has 12 rings (SSSR count). The molecule has 0 bridgehead atoms. The van der Waals surface area contributed by atoms with E-state index in [1.807, 2.05) is 24.3 Å². The Hall–Kier alpha value is -7.32. The molecular formula is C44H27N7O. The van der Waals surface area contributed by atoms with Crippen LogP contribution < -0.4 is 9.64 Å². The lowest BCUT2D eigenvalue weighted by Gasteiger charge is -2.33. The quantitative estimate of drug-likeness (QED) is 0.188. The van der Waals surface area contributed by atoms with Crippen LogP contribution in [0.25, 0.3) is 67.1 Å². The van der Waals surface area contributed by atoms with Gasteiger partial charge in [0, 0.05) is 5.69 Å². The molecule has 4 aromatic heterocycles. The van der Waals surface area contributed by atoms with Gasteiger partial charge in [-0.1, -0.05) is 66.7 Å². The Morgan fingerprint density at radius 1 is 0.365 bits per heavy atom. The van der Waals surface area contributed by atoms with Gasteiger partial charge in [-0.25, -0.2) is 9.97 Å². The SMILES string of the molecule is c1cc(N2c3ccccc3Oc3ccc(-n4c5ccccc5n5c6ccccc6nc45)cc32)cc(-n2c3ccccc3n3c4ccccc4nc23)c1. The van der Waals surface area contributed by atoms with Crippen molar-refractivity contribution in [1.29, 1.82) is 0 Å². The van der Waals surface area contributed by atoms with Gasteiger partial charge in [0.2, 0.25) is 11.6 Å². The smallest absolute Gasteiger partial charge is 0.220 e. The maximum atomic E-state index is 6.59. The van der Waals surface area contributed by atoms with Crippen LogP contribution in [0.15, 0.2) is 164 Å². The Labute approximate surface area is 296 Å². The first kappa shape index (κ1) is 27.5. The van der Waals surface area contributed by atoms with E-state index < -0.39 is 0 Å². The molecule has 0 N–H and O–H groups in total. The number of rotatable bonds is 3. The predicted molar refractivity (Wildman–Crippen MR) is 207 cm³/mol. The van der Waals surface area contributed by atoms with Crippen LogP contribution in [0.5, 0.6) is 11.5 Å². The van der Waals surface area contributed by atoms with Gasteiger partial charge in [-0.3, -0.25) is 17.9 Å². The third kappa shape index (κ3) is 3.64. The second-order valence-corrected chi connectivity index (χ2v) is 13.2. The number of aromatic nitrogens is 6. The second kappa shape index (κ2) is 10.1. The summed E-state index contributed by atoms with van der Waals surface area (Å²) in [6.07, 6.45) is 0. The molecule has 8 heteroatoms. The average Bonchev–Trinajstić information content (AvgIpc) is 3.93. The van der Waals surface area contributed by atoms with E-state index in [-0.39, 0.29) is 0 Å². The van der Waals surface area contributed by atoms with Crippen molar-refractivity contribution < 1.29 is 4.74 Å². The Balaban J connectivity index is 1.09. The summed E-state index contributed by atoms with van der Waals surface area (Å²) in [6.45, 7) is 0. The van der Waals surface area contributed by atoms with E-state index >= 15 is 0 Å². The number of ether oxygens (including phenoxy) is 1.